The van der Waals surface area contributed by atoms with E-state index < -0.39 is 22.8 Å². The molecule has 2 heterocycles. The van der Waals surface area contributed by atoms with E-state index in [4.69, 9.17) is 4.74 Å². The Labute approximate surface area is 155 Å². The standard InChI is InChI=1S/C16H22N6O5/c1-6-20-8-12(14(19-20)16(24)27-9(2)3)18-15(23)11(5)21-10(4)13(7-17-21)22(25)26/h7-9,11H,6H2,1-5H3,(H,18,23). The van der Waals surface area contributed by atoms with Crippen molar-refractivity contribution >= 4 is 23.3 Å². The van der Waals surface area contributed by atoms with Crippen molar-refractivity contribution in [2.75, 3.05) is 5.32 Å². The predicted octanol–water partition coefficient (Wildman–Crippen LogP) is 2.08. The number of carbonyl (C=O) groups is 2. The van der Waals surface area contributed by atoms with Crippen molar-refractivity contribution in [3.8, 4) is 0 Å². The van der Waals surface area contributed by atoms with Gasteiger partial charge in [0, 0.05) is 12.7 Å². The van der Waals surface area contributed by atoms with Gasteiger partial charge in [-0.15, -0.1) is 0 Å². The summed E-state index contributed by atoms with van der Waals surface area (Å²) in [4.78, 5) is 35.2. The highest BCUT2D eigenvalue weighted by molar-refractivity contribution is 6.00. The van der Waals surface area contributed by atoms with E-state index in [1.807, 2.05) is 6.92 Å². The summed E-state index contributed by atoms with van der Waals surface area (Å²) in [6.07, 6.45) is 2.29. The first kappa shape index (κ1) is 20.1. The maximum Gasteiger partial charge on any atom is 0.361 e. The summed E-state index contributed by atoms with van der Waals surface area (Å²) in [5, 5.41) is 21.6. The van der Waals surface area contributed by atoms with Crippen LogP contribution in [0.1, 0.15) is 49.9 Å². The minimum Gasteiger partial charge on any atom is -0.458 e. The molecule has 0 aliphatic heterocycles. The van der Waals surface area contributed by atoms with Gasteiger partial charge < -0.3 is 10.1 Å². The zero-order valence-corrected chi connectivity index (χ0v) is 15.8. The van der Waals surface area contributed by atoms with Crippen molar-refractivity contribution in [2.45, 2.75) is 53.3 Å². The Morgan fingerprint density at radius 2 is 2.04 bits per heavy atom. The number of hydrogen-bond acceptors (Lipinski definition) is 7. The summed E-state index contributed by atoms with van der Waals surface area (Å²) in [5.74, 6) is -1.14. The van der Waals surface area contributed by atoms with Gasteiger partial charge in [0.15, 0.2) is 5.69 Å². The fraction of sp³-hybridized carbons (Fsp3) is 0.500. The van der Waals surface area contributed by atoms with Crippen LogP contribution in [0, 0.1) is 17.0 Å². The van der Waals surface area contributed by atoms with Crippen molar-refractivity contribution in [3.05, 3.63) is 33.9 Å². The monoisotopic (exact) mass is 378 g/mol. The predicted molar refractivity (Wildman–Crippen MR) is 95.4 cm³/mol. The third-order valence-corrected chi connectivity index (χ3v) is 3.84. The molecule has 0 aliphatic carbocycles. The molecule has 27 heavy (non-hydrogen) atoms. The second-order valence-electron chi connectivity index (χ2n) is 6.18. The molecule has 0 saturated heterocycles. The van der Waals surface area contributed by atoms with Gasteiger partial charge in [0.2, 0.25) is 5.91 Å². The quantitative estimate of drug-likeness (QED) is 0.443. The highest BCUT2D eigenvalue weighted by Gasteiger charge is 2.26. The second-order valence-corrected chi connectivity index (χ2v) is 6.18. The molecule has 1 N–H and O–H groups in total. The van der Waals surface area contributed by atoms with Crippen molar-refractivity contribution in [2.24, 2.45) is 0 Å². The van der Waals surface area contributed by atoms with Gasteiger partial charge >= 0.3 is 11.7 Å². The summed E-state index contributed by atoms with van der Waals surface area (Å²) in [7, 11) is 0. The first-order chi connectivity index (χ1) is 12.6. The first-order valence-corrected chi connectivity index (χ1v) is 8.43. The molecular weight excluding hydrogens is 356 g/mol. The van der Waals surface area contributed by atoms with Crippen molar-refractivity contribution < 1.29 is 19.2 Å². The lowest BCUT2D eigenvalue weighted by Crippen LogP contribution is -2.26. The summed E-state index contributed by atoms with van der Waals surface area (Å²) < 4.78 is 7.91. The number of aromatic nitrogens is 4. The number of ether oxygens (including phenoxy) is 1. The molecule has 0 aromatic carbocycles. The average molecular weight is 378 g/mol. The zero-order valence-electron chi connectivity index (χ0n) is 15.8. The van der Waals surface area contributed by atoms with Crippen LogP contribution < -0.4 is 5.32 Å². The topological polar surface area (TPSA) is 134 Å². The molecule has 0 spiro atoms. The number of anilines is 1. The lowest BCUT2D eigenvalue weighted by molar-refractivity contribution is -0.385. The van der Waals surface area contributed by atoms with Gasteiger partial charge in [-0.1, -0.05) is 0 Å². The molecule has 0 saturated carbocycles. The molecular formula is C16H22N6O5. The number of esters is 1. The molecule has 11 nitrogen and oxygen atoms in total. The van der Waals surface area contributed by atoms with Gasteiger partial charge in [0.05, 0.1) is 16.7 Å². The fourth-order valence-electron chi connectivity index (χ4n) is 2.43. The van der Waals surface area contributed by atoms with Crippen LogP contribution in [0.3, 0.4) is 0 Å². The summed E-state index contributed by atoms with van der Waals surface area (Å²) in [6, 6.07) is -0.836. The number of hydrogen-bond donors (Lipinski definition) is 1. The molecule has 2 aromatic rings. The molecule has 0 bridgehead atoms. The van der Waals surface area contributed by atoms with Crippen LogP contribution >= 0.6 is 0 Å². The maximum absolute atomic E-state index is 12.6. The van der Waals surface area contributed by atoms with Crippen molar-refractivity contribution in [1.29, 1.82) is 0 Å². The van der Waals surface area contributed by atoms with Crippen LogP contribution in [0.5, 0.6) is 0 Å². The van der Waals surface area contributed by atoms with Gasteiger partial charge in [-0.05, 0) is 34.6 Å². The third kappa shape index (κ3) is 4.30. The normalized spacial score (nSPS) is 12.1. The Morgan fingerprint density at radius 3 is 2.56 bits per heavy atom. The molecule has 0 aliphatic rings. The number of carbonyl (C=O) groups excluding carboxylic acids is 2. The van der Waals surface area contributed by atoms with E-state index in [0.29, 0.717) is 6.54 Å². The number of nitrogens with one attached hydrogen (secondary N) is 1. The summed E-state index contributed by atoms with van der Waals surface area (Å²) >= 11 is 0. The number of amides is 1. The average Bonchev–Trinajstić information content (AvgIpc) is 3.17. The van der Waals surface area contributed by atoms with Gasteiger partial charge in [-0.2, -0.15) is 10.2 Å². The zero-order chi connectivity index (χ0) is 20.3. The molecule has 1 unspecified atom stereocenters. The largest absolute Gasteiger partial charge is 0.458 e. The number of nitro groups is 1. The molecule has 1 atom stereocenters. The SMILES string of the molecule is CCn1cc(NC(=O)C(C)n2ncc([N+](=O)[O-])c2C)c(C(=O)OC(C)C)n1. The van der Waals surface area contributed by atoms with E-state index in [0.717, 1.165) is 6.20 Å². The van der Waals surface area contributed by atoms with Gasteiger partial charge in [-0.3, -0.25) is 24.3 Å². The van der Waals surface area contributed by atoms with E-state index in [9.17, 15) is 19.7 Å². The van der Waals surface area contributed by atoms with E-state index in [1.54, 1.807) is 20.8 Å². The van der Waals surface area contributed by atoms with E-state index >= 15 is 0 Å². The van der Waals surface area contributed by atoms with Crippen LogP contribution in [-0.2, 0) is 16.1 Å². The number of aryl methyl sites for hydroxylation is 1. The Morgan fingerprint density at radius 1 is 1.37 bits per heavy atom. The second kappa shape index (κ2) is 7.98. The molecule has 11 heteroatoms. The van der Waals surface area contributed by atoms with Gasteiger partial charge in [0.1, 0.15) is 17.9 Å². The third-order valence-electron chi connectivity index (χ3n) is 3.84. The van der Waals surface area contributed by atoms with E-state index in [1.165, 1.54) is 22.5 Å². The van der Waals surface area contributed by atoms with Gasteiger partial charge in [0.25, 0.3) is 0 Å². The van der Waals surface area contributed by atoms with E-state index in [-0.39, 0.29) is 28.9 Å². The van der Waals surface area contributed by atoms with Gasteiger partial charge in [-0.25, -0.2) is 4.79 Å². The molecule has 2 rings (SSSR count). The van der Waals surface area contributed by atoms with Crippen LogP contribution in [0.2, 0.25) is 0 Å². The molecule has 1 amide bonds. The minimum atomic E-state index is -0.836. The summed E-state index contributed by atoms with van der Waals surface area (Å²) in [5.41, 5.74) is 0.286. The summed E-state index contributed by atoms with van der Waals surface area (Å²) in [6.45, 7) is 8.82. The highest BCUT2D eigenvalue weighted by atomic mass is 16.6. The van der Waals surface area contributed by atoms with Crippen molar-refractivity contribution in [1.82, 2.24) is 19.6 Å². The van der Waals surface area contributed by atoms with E-state index in [2.05, 4.69) is 15.5 Å². The molecule has 0 fully saturated rings. The number of nitrogens with zero attached hydrogens (tertiary/aromatic N) is 5. The number of rotatable bonds is 7. The van der Waals surface area contributed by atoms with Crippen LogP contribution in [0.25, 0.3) is 0 Å². The molecule has 0 radical (unpaired) electrons. The highest BCUT2D eigenvalue weighted by Crippen LogP contribution is 2.22. The Hall–Kier alpha value is -3.24. The Kier molecular flexibility index (Phi) is 5.93. The molecule has 146 valence electrons. The van der Waals surface area contributed by atoms with Crippen LogP contribution in [0.4, 0.5) is 11.4 Å². The van der Waals surface area contributed by atoms with Crippen LogP contribution in [-0.4, -0.2) is 42.5 Å². The maximum atomic E-state index is 12.6. The smallest absolute Gasteiger partial charge is 0.361 e. The fourth-order valence-corrected chi connectivity index (χ4v) is 2.43. The Balaban J connectivity index is 2.25. The lowest BCUT2D eigenvalue weighted by atomic mass is 10.2. The Bertz CT molecular complexity index is 869. The van der Waals surface area contributed by atoms with Crippen LogP contribution in [0.15, 0.2) is 12.4 Å². The van der Waals surface area contributed by atoms with Crippen molar-refractivity contribution in [3.63, 3.8) is 0 Å². The lowest BCUT2D eigenvalue weighted by Gasteiger charge is -2.14. The molecule has 2 aromatic heterocycles. The first-order valence-electron chi connectivity index (χ1n) is 8.43. The minimum absolute atomic E-state index is 0.00531.